The van der Waals surface area contributed by atoms with Crippen LogP contribution in [0, 0.1) is 6.92 Å². The zero-order chi connectivity index (χ0) is 19.1. The number of carbonyl (C=O) groups excluding carboxylic acids is 1. The molecule has 2 bridgehead atoms. The minimum atomic E-state index is 0.0510. The van der Waals surface area contributed by atoms with E-state index >= 15 is 0 Å². The number of nitrogens with zero attached hydrogens (tertiary/aromatic N) is 1. The number of amides is 1. The molecule has 2 aliphatic rings. The van der Waals surface area contributed by atoms with Gasteiger partial charge in [-0.15, -0.1) is 0 Å². The molecule has 4 nitrogen and oxygen atoms in total. The average Bonchev–Trinajstić information content (AvgIpc) is 3.17. The number of carbonyl (C=O) groups is 1. The fourth-order valence-electron chi connectivity index (χ4n) is 5.13. The van der Waals surface area contributed by atoms with Crippen molar-refractivity contribution in [3.05, 3.63) is 71.4 Å². The van der Waals surface area contributed by atoms with Crippen LogP contribution >= 0.6 is 0 Å². The maximum atomic E-state index is 12.8. The molecule has 0 saturated carbocycles. The molecule has 2 N–H and O–H groups in total. The Morgan fingerprint density at radius 1 is 1.07 bits per heavy atom. The Hall–Kier alpha value is -2.59. The van der Waals surface area contributed by atoms with Crippen LogP contribution in [0.2, 0.25) is 0 Å². The van der Waals surface area contributed by atoms with Crippen LogP contribution in [0.3, 0.4) is 0 Å². The molecule has 2 saturated heterocycles. The zero-order valence-electron chi connectivity index (χ0n) is 16.3. The van der Waals surface area contributed by atoms with Gasteiger partial charge in [0.05, 0.1) is 0 Å². The van der Waals surface area contributed by atoms with Crippen molar-refractivity contribution in [2.45, 2.75) is 57.3 Å². The van der Waals surface area contributed by atoms with Gasteiger partial charge in [-0.25, -0.2) is 0 Å². The molecule has 4 heteroatoms. The minimum absolute atomic E-state index is 0.0510. The van der Waals surface area contributed by atoms with Crippen molar-refractivity contribution in [1.82, 2.24) is 15.2 Å². The monoisotopic (exact) mass is 373 g/mol. The fourth-order valence-corrected chi connectivity index (χ4v) is 5.13. The summed E-state index contributed by atoms with van der Waals surface area (Å²) in [5.41, 5.74) is 4.28. The smallest absolute Gasteiger partial charge is 0.251 e. The summed E-state index contributed by atoms with van der Waals surface area (Å²) in [6.07, 6.45) is 4.60. The minimum Gasteiger partial charge on any atom is -0.359 e. The summed E-state index contributed by atoms with van der Waals surface area (Å²) < 4.78 is 0. The van der Waals surface area contributed by atoms with Gasteiger partial charge in [-0.05, 0) is 61.8 Å². The van der Waals surface area contributed by atoms with E-state index in [-0.39, 0.29) is 11.9 Å². The van der Waals surface area contributed by atoms with E-state index < -0.39 is 0 Å². The molecule has 2 aromatic carbocycles. The van der Waals surface area contributed by atoms with Crippen LogP contribution in [0.15, 0.2) is 54.6 Å². The highest BCUT2D eigenvalue weighted by atomic mass is 16.1. The highest BCUT2D eigenvalue weighted by Crippen LogP contribution is 2.37. The number of hydrogen-bond acceptors (Lipinski definition) is 2. The Balaban J connectivity index is 1.25. The van der Waals surface area contributed by atoms with Crippen LogP contribution in [0.5, 0.6) is 0 Å². The first-order chi connectivity index (χ1) is 13.7. The van der Waals surface area contributed by atoms with Crippen molar-refractivity contribution in [3.63, 3.8) is 0 Å². The third-order valence-electron chi connectivity index (χ3n) is 6.45. The normalized spacial score (nSPS) is 24.5. The number of benzene rings is 2. The second-order valence-corrected chi connectivity index (χ2v) is 8.44. The van der Waals surface area contributed by atoms with Crippen LogP contribution in [0.25, 0.3) is 10.9 Å². The molecule has 1 aromatic heterocycles. The van der Waals surface area contributed by atoms with Crippen LogP contribution < -0.4 is 5.32 Å². The van der Waals surface area contributed by atoms with Gasteiger partial charge in [0.1, 0.15) is 0 Å². The van der Waals surface area contributed by atoms with E-state index in [2.05, 4.69) is 51.6 Å². The summed E-state index contributed by atoms with van der Waals surface area (Å²) in [7, 11) is 0. The summed E-state index contributed by atoms with van der Waals surface area (Å²) >= 11 is 0. The van der Waals surface area contributed by atoms with Gasteiger partial charge in [0.2, 0.25) is 0 Å². The number of rotatable bonds is 4. The number of aromatic nitrogens is 1. The Morgan fingerprint density at radius 2 is 1.82 bits per heavy atom. The molecule has 2 fully saturated rings. The van der Waals surface area contributed by atoms with E-state index in [0.29, 0.717) is 12.1 Å². The summed E-state index contributed by atoms with van der Waals surface area (Å²) in [4.78, 5) is 18.8. The Bertz CT molecular complexity index is 980. The number of aryl methyl sites for hydroxylation is 1. The van der Waals surface area contributed by atoms with Gasteiger partial charge in [0, 0.05) is 41.4 Å². The number of fused-ring (bicyclic) bond motifs is 3. The van der Waals surface area contributed by atoms with Crippen LogP contribution in [0.1, 0.15) is 47.3 Å². The highest BCUT2D eigenvalue weighted by Gasteiger charge is 2.40. The molecule has 3 aromatic rings. The van der Waals surface area contributed by atoms with Crippen molar-refractivity contribution >= 4 is 16.8 Å². The first kappa shape index (κ1) is 17.5. The Morgan fingerprint density at radius 3 is 2.57 bits per heavy atom. The highest BCUT2D eigenvalue weighted by molar-refractivity contribution is 5.98. The van der Waals surface area contributed by atoms with Crippen molar-refractivity contribution < 1.29 is 4.79 Å². The predicted octanol–water partition coefficient (Wildman–Crippen LogP) is 4.40. The fraction of sp³-hybridized carbons (Fsp3) is 0.375. The van der Waals surface area contributed by atoms with Crippen molar-refractivity contribution in [1.29, 1.82) is 0 Å². The van der Waals surface area contributed by atoms with Gasteiger partial charge in [-0.3, -0.25) is 9.69 Å². The molecule has 0 aliphatic carbocycles. The number of aromatic amines is 1. The number of piperidine rings is 1. The molecule has 0 spiro atoms. The largest absolute Gasteiger partial charge is 0.359 e. The topological polar surface area (TPSA) is 48.1 Å². The van der Waals surface area contributed by atoms with E-state index in [1.54, 1.807) is 0 Å². The lowest BCUT2D eigenvalue weighted by Crippen LogP contribution is -2.49. The second-order valence-electron chi connectivity index (χ2n) is 8.44. The first-order valence-corrected chi connectivity index (χ1v) is 10.4. The third-order valence-corrected chi connectivity index (χ3v) is 6.45. The van der Waals surface area contributed by atoms with Gasteiger partial charge in [-0.2, -0.15) is 0 Å². The van der Waals surface area contributed by atoms with Crippen LogP contribution in [-0.2, 0) is 6.54 Å². The van der Waals surface area contributed by atoms with Gasteiger partial charge < -0.3 is 10.3 Å². The summed E-state index contributed by atoms with van der Waals surface area (Å²) in [6.45, 7) is 3.07. The van der Waals surface area contributed by atoms with Crippen LogP contribution in [0.4, 0.5) is 0 Å². The number of H-pyrrole nitrogens is 1. The summed E-state index contributed by atoms with van der Waals surface area (Å²) in [6, 6.07) is 20.2. The lowest BCUT2D eigenvalue weighted by Gasteiger charge is -2.39. The van der Waals surface area contributed by atoms with Crippen LogP contribution in [-0.4, -0.2) is 33.9 Å². The summed E-state index contributed by atoms with van der Waals surface area (Å²) in [5, 5.41) is 4.47. The second kappa shape index (κ2) is 7.10. The van der Waals surface area contributed by atoms with E-state index in [1.165, 1.54) is 18.4 Å². The number of hydrogen-bond donors (Lipinski definition) is 2. The van der Waals surface area contributed by atoms with E-state index in [4.69, 9.17) is 0 Å². The Labute approximate surface area is 165 Å². The molecule has 2 aliphatic heterocycles. The molecule has 0 radical (unpaired) electrons. The molecule has 28 heavy (non-hydrogen) atoms. The molecular formula is C24H27N3O. The molecule has 1 amide bonds. The SMILES string of the molecule is Cc1cc2ccc(C(=O)N[C@@H]3C[C@H]4CC[C@@H](C3)N4Cc3ccccc3)cc2[nH]1. The molecule has 5 rings (SSSR count). The van der Waals surface area contributed by atoms with Crippen molar-refractivity contribution in [3.8, 4) is 0 Å². The summed E-state index contributed by atoms with van der Waals surface area (Å²) in [5.74, 6) is 0.0510. The van der Waals surface area contributed by atoms with E-state index in [9.17, 15) is 4.79 Å². The maximum absolute atomic E-state index is 12.8. The molecule has 0 unspecified atom stereocenters. The van der Waals surface area contributed by atoms with Gasteiger partial charge in [-0.1, -0.05) is 36.4 Å². The predicted molar refractivity (Wildman–Crippen MR) is 112 cm³/mol. The molecule has 3 heterocycles. The van der Waals surface area contributed by atoms with E-state index in [1.807, 2.05) is 25.1 Å². The quantitative estimate of drug-likeness (QED) is 0.712. The van der Waals surface area contributed by atoms with E-state index in [0.717, 1.165) is 41.5 Å². The standard InChI is InChI=1S/C24H27N3O/c1-16-11-18-7-8-19(12-23(18)25-16)24(28)26-20-13-21-9-10-22(14-20)27(21)15-17-5-3-2-4-6-17/h2-8,11-12,20-22,25H,9-10,13-15H2,1H3,(H,26,28)/t20-,21-,22+. The lowest BCUT2D eigenvalue weighted by molar-refractivity contribution is 0.0828. The maximum Gasteiger partial charge on any atom is 0.251 e. The molecule has 144 valence electrons. The lowest BCUT2D eigenvalue weighted by atomic mass is 9.96. The number of nitrogens with one attached hydrogen (secondary N) is 2. The van der Waals surface area contributed by atoms with Gasteiger partial charge in [0.15, 0.2) is 0 Å². The van der Waals surface area contributed by atoms with Crippen molar-refractivity contribution in [2.75, 3.05) is 0 Å². The third kappa shape index (κ3) is 3.33. The molecule has 3 atom stereocenters. The van der Waals surface area contributed by atoms with Crippen molar-refractivity contribution in [2.24, 2.45) is 0 Å². The average molecular weight is 374 g/mol. The zero-order valence-corrected chi connectivity index (χ0v) is 16.3. The first-order valence-electron chi connectivity index (χ1n) is 10.4. The van der Waals surface area contributed by atoms with Gasteiger partial charge >= 0.3 is 0 Å². The molecular weight excluding hydrogens is 346 g/mol. The van der Waals surface area contributed by atoms with Gasteiger partial charge in [0.25, 0.3) is 5.91 Å². The Kier molecular flexibility index (Phi) is 4.44.